The van der Waals surface area contributed by atoms with Crippen molar-refractivity contribution in [1.82, 2.24) is 4.98 Å². The van der Waals surface area contributed by atoms with Crippen LogP contribution in [-0.4, -0.2) is 25.0 Å². The number of nitrogens with zero attached hydrogens (tertiary/aromatic N) is 2. The van der Waals surface area contributed by atoms with Crippen molar-refractivity contribution in [2.75, 3.05) is 19.0 Å². The van der Waals surface area contributed by atoms with Gasteiger partial charge in [0.25, 0.3) is 0 Å². The normalized spacial score (nSPS) is 11.0. The fourth-order valence-electron chi connectivity index (χ4n) is 2.51. The molecule has 0 saturated heterocycles. The molecule has 5 heteroatoms. The van der Waals surface area contributed by atoms with Crippen LogP contribution in [0.25, 0.3) is 21.5 Å². The van der Waals surface area contributed by atoms with Crippen LogP contribution in [0.5, 0.6) is 0 Å². The van der Waals surface area contributed by atoms with Gasteiger partial charge in [0.05, 0.1) is 5.97 Å². The minimum absolute atomic E-state index is 0.170. The highest BCUT2D eigenvalue weighted by Crippen LogP contribution is 2.36. The molecule has 0 fully saturated rings. The van der Waals surface area contributed by atoms with Crippen LogP contribution in [0.3, 0.4) is 0 Å². The monoisotopic (exact) mass is 343 g/mol. The van der Waals surface area contributed by atoms with Gasteiger partial charge in [0, 0.05) is 35.5 Å². The van der Waals surface area contributed by atoms with Gasteiger partial charge in [-0.1, -0.05) is 28.1 Å². The number of hydrogen-bond donors (Lipinski definition) is 0. The molecular weight excluding hydrogens is 332 g/mol. The summed E-state index contributed by atoms with van der Waals surface area (Å²) in [7, 11) is 3.87. The first kappa shape index (κ1) is 13.8. The zero-order chi connectivity index (χ0) is 15.1. The van der Waals surface area contributed by atoms with Gasteiger partial charge in [-0.25, -0.2) is 4.98 Å². The molecule has 0 radical (unpaired) electrons. The minimum atomic E-state index is -1.17. The predicted molar refractivity (Wildman–Crippen MR) is 85.6 cm³/mol. The van der Waals surface area contributed by atoms with E-state index < -0.39 is 5.97 Å². The number of aromatic carboxylic acids is 1. The minimum Gasteiger partial charge on any atom is -0.545 e. The van der Waals surface area contributed by atoms with Crippen LogP contribution in [0.2, 0.25) is 0 Å². The number of carboxylic acids is 1. The second-order valence-corrected chi connectivity index (χ2v) is 5.89. The van der Waals surface area contributed by atoms with Crippen LogP contribution in [0.15, 0.2) is 41.0 Å². The molecule has 0 amide bonds. The summed E-state index contributed by atoms with van der Waals surface area (Å²) in [6.45, 7) is 0. The highest BCUT2D eigenvalue weighted by molar-refractivity contribution is 9.10. The second kappa shape index (κ2) is 5.00. The van der Waals surface area contributed by atoms with Crippen LogP contribution in [0.4, 0.5) is 5.82 Å². The van der Waals surface area contributed by atoms with E-state index in [1.165, 1.54) is 0 Å². The molecule has 0 spiro atoms. The predicted octanol–water partition coefficient (Wildman–Crippen LogP) is 2.58. The molecule has 0 saturated carbocycles. The number of hydrogen-bond acceptors (Lipinski definition) is 4. The summed E-state index contributed by atoms with van der Waals surface area (Å²) in [6, 6.07) is 8.87. The van der Waals surface area contributed by atoms with Crippen molar-refractivity contribution in [3.8, 4) is 0 Å². The van der Waals surface area contributed by atoms with Crippen LogP contribution >= 0.6 is 15.9 Å². The molecule has 2 aromatic carbocycles. The molecule has 21 heavy (non-hydrogen) atoms. The largest absolute Gasteiger partial charge is 0.545 e. The van der Waals surface area contributed by atoms with Gasteiger partial charge in [0.1, 0.15) is 5.82 Å². The molecule has 3 aromatic rings. The summed E-state index contributed by atoms with van der Waals surface area (Å²) in [4.78, 5) is 17.4. The SMILES string of the molecule is CN(C)c1nccc2c(Br)cc3cc(C(=O)[O-])ccc3c12. The number of pyridine rings is 1. The summed E-state index contributed by atoms with van der Waals surface area (Å²) in [5.74, 6) is -0.327. The maximum Gasteiger partial charge on any atom is 0.136 e. The molecule has 0 atom stereocenters. The fraction of sp³-hybridized carbons (Fsp3) is 0.125. The third kappa shape index (κ3) is 2.23. The topological polar surface area (TPSA) is 56.3 Å². The van der Waals surface area contributed by atoms with E-state index in [2.05, 4.69) is 20.9 Å². The molecule has 0 unspecified atom stereocenters. The van der Waals surface area contributed by atoms with Gasteiger partial charge < -0.3 is 14.8 Å². The van der Waals surface area contributed by atoms with Crippen molar-refractivity contribution in [3.05, 3.63) is 46.6 Å². The van der Waals surface area contributed by atoms with Gasteiger partial charge in [0.15, 0.2) is 0 Å². The van der Waals surface area contributed by atoms with E-state index >= 15 is 0 Å². The van der Waals surface area contributed by atoms with E-state index in [1.54, 1.807) is 18.3 Å². The molecule has 0 aliphatic heterocycles. The average Bonchev–Trinajstić information content (AvgIpc) is 2.46. The fourth-order valence-corrected chi connectivity index (χ4v) is 3.08. The third-order valence-electron chi connectivity index (χ3n) is 3.45. The summed E-state index contributed by atoms with van der Waals surface area (Å²) in [5.41, 5.74) is 0.170. The third-order valence-corrected chi connectivity index (χ3v) is 4.11. The quantitative estimate of drug-likeness (QED) is 0.671. The Bertz CT molecular complexity index is 875. The summed E-state index contributed by atoms with van der Waals surface area (Å²) in [6.07, 6.45) is 1.77. The lowest BCUT2D eigenvalue weighted by atomic mass is 10.0. The Morgan fingerprint density at radius 1 is 1.19 bits per heavy atom. The zero-order valence-electron chi connectivity index (χ0n) is 11.6. The van der Waals surface area contributed by atoms with E-state index in [-0.39, 0.29) is 5.56 Å². The average molecular weight is 344 g/mol. The first-order chi connectivity index (χ1) is 9.99. The number of fused-ring (bicyclic) bond motifs is 3. The van der Waals surface area contributed by atoms with Crippen LogP contribution in [0.1, 0.15) is 10.4 Å². The number of carbonyl (C=O) groups excluding carboxylic acids is 1. The Morgan fingerprint density at radius 3 is 2.62 bits per heavy atom. The number of carboxylic acid groups (broad SMARTS) is 1. The molecule has 106 valence electrons. The number of halogens is 1. The van der Waals surface area contributed by atoms with Crippen molar-refractivity contribution < 1.29 is 9.90 Å². The summed E-state index contributed by atoms with van der Waals surface area (Å²) in [5, 5.41) is 14.9. The van der Waals surface area contributed by atoms with Crippen LogP contribution in [-0.2, 0) is 0 Å². The van der Waals surface area contributed by atoms with Crippen LogP contribution < -0.4 is 10.0 Å². The first-order valence-electron chi connectivity index (χ1n) is 6.38. The van der Waals surface area contributed by atoms with Crippen molar-refractivity contribution in [2.24, 2.45) is 0 Å². The first-order valence-corrected chi connectivity index (χ1v) is 7.18. The number of carbonyl (C=O) groups is 1. The Morgan fingerprint density at radius 2 is 1.95 bits per heavy atom. The van der Waals surface area contributed by atoms with E-state index in [0.717, 1.165) is 31.8 Å². The molecule has 0 aliphatic carbocycles. The van der Waals surface area contributed by atoms with Gasteiger partial charge in [-0.05, 0) is 34.5 Å². The lowest BCUT2D eigenvalue weighted by Crippen LogP contribution is -2.22. The summed E-state index contributed by atoms with van der Waals surface area (Å²) < 4.78 is 0.908. The van der Waals surface area contributed by atoms with Crippen molar-refractivity contribution in [3.63, 3.8) is 0 Å². The van der Waals surface area contributed by atoms with Gasteiger partial charge in [0.2, 0.25) is 0 Å². The molecule has 4 nitrogen and oxygen atoms in total. The summed E-state index contributed by atoms with van der Waals surface area (Å²) >= 11 is 3.55. The molecule has 0 N–H and O–H groups in total. The smallest absolute Gasteiger partial charge is 0.136 e. The number of rotatable bonds is 2. The maximum absolute atomic E-state index is 11.0. The van der Waals surface area contributed by atoms with Crippen molar-refractivity contribution >= 4 is 49.3 Å². The Hall–Kier alpha value is -2.14. The maximum atomic E-state index is 11.0. The van der Waals surface area contributed by atoms with E-state index in [0.29, 0.717) is 0 Å². The van der Waals surface area contributed by atoms with Gasteiger partial charge in [-0.3, -0.25) is 0 Å². The Balaban J connectivity index is 2.49. The Kier molecular flexibility index (Phi) is 3.29. The highest BCUT2D eigenvalue weighted by Gasteiger charge is 2.12. The molecule has 3 rings (SSSR count). The Labute approximate surface area is 130 Å². The highest BCUT2D eigenvalue weighted by atomic mass is 79.9. The van der Waals surface area contributed by atoms with Crippen molar-refractivity contribution in [2.45, 2.75) is 0 Å². The zero-order valence-corrected chi connectivity index (χ0v) is 13.1. The lowest BCUT2D eigenvalue weighted by molar-refractivity contribution is -0.255. The number of benzene rings is 2. The molecule has 1 aromatic heterocycles. The standard InChI is InChI=1S/C16H13BrN2O2/c1-19(2)15-14-11-4-3-9(16(20)21)7-10(11)8-13(17)12(14)5-6-18-15/h3-8H,1-2H3,(H,20,21)/p-1. The molecule has 1 heterocycles. The van der Waals surface area contributed by atoms with Crippen molar-refractivity contribution in [1.29, 1.82) is 0 Å². The van der Waals surface area contributed by atoms with E-state index in [1.807, 2.05) is 37.2 Å². The second-order valence-electron chi connectivity index (χ2n) is 5.03. The lowest BCUT2D eigenvalue weighted by Gasteiger charge is -2.17. The van der Waals surface area contributed by atoms with Gasteiger partial charge in [-0.2, -0.15) is 0 Å². The molecular formula is C16H12BrN2O2-. The van der Waals surface area contributed by atoms with Gasteiger partial charge >= 0.3 is 0 Å². The molecule has 0 aliphatic rings. The number of aromatic nitrogens is 1. The van der Waals surface area contributed by atoms with Gasteiger partial charge in [-0.15, -0.1) is 0 Å². The molecule has 0 bridgehead atoms. The van der Waals surface area contributed by atoms with Crippen LogP contribution in [0, 0.1) is 0 Å². The van der Waals surface area contributed by atoms with E-state index in [4.69, 9.17) is 0 Å². The number of anilines is 1. The van der Waals surface area contributed by atoms with E-state index in [9.17, 15) is 9.90 Å².